The van der Waals surface area contributed by atoms with Gasteiger partial charge in [-0.1, -0.05) is 50.6 Å². The molecule has 0 aromatic heterocycles. The van der Waals surface area contributed by atoms with Crippen LogP contribution in [0.4, 0.5) is 22.0 Å². The van der Waals surface area contributed by atoms with Crippen LogP contribution in [0.1, 0.15) is 42.5 Å². The lowest BCUT2D eigenvalue weighted by Gasteiger charge is -2.11. The summed E-state index contributed by atoms with van der Waals surface area (Å²) in [5, 5.41) is -0.580. The van der Waals surface area contributed by atoms with Gasteiger partial charge in [0.25, 0.3) is 0 Å². The summed E-state index contributed by atoms with van der Waals surface area (Å²) in [6, 6.07) is 9.72. The second-order valence-corrected chi connectivity index (χ2v) is 6.62. The number of hydrogen-bond acceptors (Lipinski definition) is 0. The molecule has 0 amide bonds. The average Bonchev–Trinajstić information content (AvgIpc) is 2.71. The maximum absolute atomic E-state index is 14.8. The van der Waals surface area contributed by atoms with E-state index >= 15 is 0 Å². The summed E-state index contributed by atoms with van der Waals surface area (Å²) in [6.07, 6.45) is 1.61. The molecule has 0 aliphatic rings. The molecule has 146 valence electrons. The van der Waals surface area contributed by atoms with E-state index in [0.29, 0.717) is 12.8 Å². The Morgan fingerprint density at radius 2 is 1.46 bits per heavy atom. The molecule has 3 rings (SSSR count). The second-order valence-electron chi connectivity index (χ2n) is 6.62. The van der Waals surface area contributed by atoms with Gasteiger partial charge in [0.1, 0.15) is 5.82 Å². The van der Waals surface area contributed by atoms with Gasteiger partial charge in [-0.3, -0.25) is 0 Å². The number of benzene rings is 3. The van der Waals surface area contributed by atoms with Crippen LogP contribution in [-0.2, 0) is 12.8 Å². The largest absolute Gasteiger partial charge is 0.205 e. The van der Waals surface area contributed by atoms with E-state index in [-0.39, 0.29) is 16.5 Å². The summed E-state index contributed by atoms with van der Waals surface area (Å²) >= 11 is 0. The Kier molecular flexibility index (Phi) is 5.82. The van der Waals surface area contributed by atoms with Crippen LogP contribution < -0.4 is 0 Å². The van der Waals surface area contributed by atoms with E-state index < -0.39 is 40.1 Å². The van der Waals surface area contributed by atoms with Crippen molar-refractivity contribution in [2.24, 2.45) is 0 Å². The van der Waals surface area contributed by atoms with E-state index in [4.69, 9.17) is 0 Å². The Bertz CT molecular complexity index is 1050. The van der Waals surface area contributed by atoms with Gasteiger partial charge in [-0.25, -0.2) is 22.0 Å². The van der Waals surface area contributed by atoms with Gasteiger partial charge in [0, 0.05) is 11.1 Å². The molecule has 28 heavy (non-hydrogen) atoms. The zero-order chi connectivity index (χ0) is 20.4. The van der Waals surface area contributed by atoms with E-state index in [1.54, 1.807) is 19.1 Å². The normalized spacial score (nSPS) is 12.4. The lowest BCUT2D eigenvalue weighted by atomic mass is 9.99. The van der Waals surface area contributed by atoms with E-state index in [1.165, 1.54) is 24.3 Å². The van der Waals surface area contributed by atoms with Gasteiger partial charge < -0.3 is 0 Å². The van der Waals surface area contributed by atoms with Crippen LogP contribution >= 0.6 is 0 Å². The van der Waals surface area contributed by atoms with Crippen LogP contribution in [-0.4, -0.2) is 0 Å². The van der Waals surface area contributed by atoms with Crippen molar-refractivity contribution in [1.82, 2.24) is 0 Å². The molecular weight excluding hydrogens is 371 g/mol. The fraction of sp³-hybridized carbons (Fsp3) is 0.217. The summed E-state index contributed by atoms with van der Waals surface area (Å²) < 4.78 is 72.7. The summed E-state index contributed by atoms with van der Waals surface area (Å²) in [4.78, 5) is 0. The van der Waals surface area contributed by atoms with Crippen LogP contribution in [0.15, 0.2) is 42.5 Å². The van der Waals surface area contributed by atoms with Gasteiger partial charge in [0.2, 0.25) is 0 Å². The zero-order valence-electron chi connectivity index (χ0n) is 15.6. The number of rotatable bonds is 5. The van der Waals surface area contributed by atoms with Gasteiger partial charge in [0.05, 0.1) is 5.39 Å². The van der Waals surface area contributed by atoms with Gasteiger partial charge in [-0.2, -0.15) is 0 Å². The molecule has 0 saturated carbocycles. The van der Waals surface area contributed by atoms with Crippen molar-refractivity contribution in [3.63, 3.8) is 0 Å². The van der Waals surface area contributed by atoms with Crippen molar-refractivity contribution in [3.05, 3.63) is 82.2 Å². The van der Waals surface area contributed by atoms with Gasteiger partial charge >= 0.3 is 0 Å². The average molecular weight is 390 g/mol. The van der Waals surface area contributed by atoms with Crippen molar-refractivity contribution in [3.8, 4) is 0 Å². The molecule has 0 spiro atoms. The van der Waals surface area contributed by atoms with E-state index in [2.05, 4.69) is 0 Å². The van der Waals surface area contributed by atoms with E-state index in [9.17, 15) is 22.0 Å². The lowest BCUT2D eigenvalue weighted by molar-refractivity contribution is 0.501. The number of hydrogen-bond donors (Lipinski definition) is 0. The first-order valence-corrected chi connectivity index (χ1v) is 9.13. The number of aryl methyl sites for hydroxylation is 2. The van der Waals surface area contributed by atoms with Crippen molar-refractivity contribution in [2.75, 3.05) is 0 Å². The minimum atomic E-state index is -1.46. The van der Waals surface area contributed by atoms with Crippen LogP contribution in [0.3, 0.4) is 0 Å². The molecule has 3 aromatic rings. The maximum Gasteiger partial charge on any atom is 0.169 e. The minimum absolute atomic E-state index is 0.0563. The molecule has 0 atom stereocenters. The van der Waals surface area contributed by atoms with Gasteiger partial charge in [0.15, 0.2) is 23.3 Å². The Morgan fingerprint density at radius 3 is 2.07 bits per heavy atom. The summed E-state index contributed by atoms with van der Waals surface area (Å²) in [7, 11) is 0. The zero-order valence-corrected chi connectivity index (χ0v) is 15.6. The van der Waals surface area contributed by atoms with Crippen LogP contribution in [0.25, 0.3) is 22.4 Å². The summed E-state index contributed by atoms with van der Waals surface area (Å²) in [6.45, 7) is 3.73. The quantitative estimate of drug-likeness (QED) is 0.312. The topological polar surface area (TPSA) is 0 Å². The molecule has 0 unspecified atom stereocenters. The SMILES string of the molecule is CCCc1cc2ccc(C(F)=C(F)c3ccc(CC)cc3)c(F)c2c(F)c1F. The maximum atomic E-state index is 14.8. The summed E-state index contributed by atoms with van der Waals surface area (Å²) in [5.74, 6) is -6.59. The second kappa shape index (κ2) is 8.13. The van der Waals surface area contributed by atoms with Crippen LogP contribution in [0.2, 0.25) is 0 Å². The third-order valence-corrected chi connectivity index (χ3v) is 4.76. The van der Waals surface area contributed by atoms with Crippen LogP contribution in [0.5, 0.6) is 0 Å². The van der Waals surface area contributed by atoms with E-state index in [1.807, 2.05) is 6.92 Å². The molecule has 0 heterocycles. The fourth-order valence-corrected chi connectivity index (χ4v) is 3.19. The van der Waals surface area contributed by atoms with Crippen molar-refractivity contribution in [1.29, 1.82) is 0 Å². The predicted molar refractivity (Wildman–Crippen MR) is 103 cm³/mol. The molecule has 0 N–H and O–H groups in total. The predicted octanol–water partition coefficient (Wildman–Crippen LogP) is 7.54. The Morgan fingerprint density at radius 1 is 0.786 bits per heavy atom. The number of fused-ring (bicyclic) bond motifs is 1. The third kappa shape index (κ3) is 3.53. The van der Waals surface area contributed by atoms with Gasteiger partial charge in [-0.05, 0) is 41.5 Å². The highest BCUT2D eigenvalue weighted by molar-refractivity contribution is 5.91. The molecule has 0 aliphatic heterocycles. The highest BCUT2D eigenvalue weighted by Gasteiger charge is 2.22. The lowest BCUT2D eigenvalue weighted by Crippen LogP contribution is -2.00. The molecule has 5 heteroatoms. The summed E-state index contributed by atoms with van der Waals surface area (Å²) in [5.41, 5.74) is 0.261. The highest BCUT2D eigenvalue weighted by Crippen LogP contribution is 2.35. The molecule has 0 bridgehead atoms. The third-order valence-electron chi connectivity index (χ3n) is 4.76. The van der Waals surface area contributed by atoms with Crippen molar-refractivity contribution in [2.45, 2.75) is 33.1 Å². The van der Waals surface area contributed by atoms with Crippen LogP contribution in [0, 0.1) is 17.5 Å². The monoisotopic (exact) mass is 390 g/mol. The molecule has 0 saturated heterocycles. The minimum Gasteiger partial charge on any atom is -0.205 e. The molecule has 0 fully saturated rings. The van der Waals surface area contributed by atoms with Crippen molar-refractivity contribution >= 4 is 22.4 Å². The van der Waals surface area contributed by atoms with Gasteiger partial charge in [-0.15, -0.1) is 0 Å². The molecule has 0 aliphatic carbocycles. The molecule has 0 radical (unpaired) electrons. The molecule has 3 aromatic carbocycles. The molecular formula is C23H19F5. The first-order valence-electron chi connectivity index (χ1n) is 9.13. The standard InChI is InChI=1S/C23H19F5/c1-3-5-16-12-15-10-11-17(21(26)18(15)23(28)20(16)25)22(27)19(24)14-8-6-13(4-2)7-9-14/h6-12H,3-5H2,1-2H3. The number of halogens is 5. The first-order chi connectivity index (χ1) is 13.4. The van der Waals surface area contributed by atoms with E-state index in [0.717, 1.165) is 18.1 Å². The Hall–Kier alpha value is -2.69. The molecule has 0 nitrogen and oxygen atoms in total. The Balaban J connectivity index is 2.15. The first kappa shape index (κ1) is 20.1. The fourth-order valence-electron chi connectivity index (χ4n) is 3.19. The van der Waals surface area contributed by atoms with Crippen molar-refractivity contribution < 1.29 is 22.0 Å². The Labute approximate surface area is 160 Å². The smallest absolute Gasteiger partial charge is 0.169 e. The highest BCUT2D eigenvalue weighted by atomic mass is 19.2.